The number of esters is 1. The van der Waals surface area contributed by atoms with Gasteiger partial charge in [0.05, 0.1) is 6.42 Å². The zero-order valence-corrected chi connectivity index (χ0v) is 12.2. The van der Waals surface area contributed by atoms with E-state index in [4.69, 9.17) is 4.74 Å². The van der Waals surface area contributed by atoms with E-state index in [1.807, 2.05) is 45.9 Å². The summed E-state index contributed by atoms with van der Waals surface area (Å²) in [4.78, 5) is 20.3. The molecule has 1 aromatic heterocycles. The maximum absolute atomic E-state index is 12.1. The first kappa shape index (κ1) is 14.2. The third-order valence-electron chi connectivity index (χ3n) is 3.26. The lowest BCUT2D eigenvalue weighted by atomic mass is 10.1. The van der Waals surface area contributed by atoms with Crippen molar-refractivity contribution in [2.24, 2.45) is 0 Å². The Hall–Kier alpha value is -2.23. The Labute approximate surface area is 118 Å². The van der Waals surface area contributed by atoms with Gasteiger partial charge in [0.15, 0.2) is 0 Å². The highest BCUT2D eigenvalue weighted by molar-refractivity contribution is 5.76. The standard InChI is InChI=1S/C16H18N2O2/c1-10-5-6-11(2)15(7-10)20-16(19)8-14-12(3)17-9-18-13(14)4/h5-7,9H,8H2,1-4H3. The van der Waals surface area contributed by atoms with Gasteiger partial charge in [-0.05, 0) is 44.9 Å². The van der Waals surface area contributed by atoms with Crippen LogP contribution in [0.2, 0.25) is 0 Å². The molecule has 0 aliphatic carbocycles. The highest BCUT2D eigenvalue weighted by Crippen LogP contribution is 2.20. The van der Waals surface area contributed by atoms with E-state index in [0.29, 0.717) is 5.75 Å². The molecule has 0 aliphatic heterocycles. The van der Waals surface area contributed by atoms with Gasteiger partial charge in [0.25, 0.3) is 0 Å². The second kappa shape index (κ2) is 5.82. The summed E-state index contributed by atoms with van der Waals surface area (Å²) in [7, 11) is 0. The number of carbonyl (C=O) groups excluding carboxylic acids is 1. The maximum Gasteiger partial charge on any atom is 0.315 e. The molecule has 4 nitrogen and oxygen atoms in total. The monoisotopic (exact) mass is 270 g/mol. The number of hydrogen-bond acceptors (Lipinski definition) is 4. The summed E-state index contributed by atoms with van der Waals surface area (Å²) < 4.78 is 5.45. The number of nitrogens with zero attached hydrogens (tertiary/aromatic N) is 2. The second-order valence-electron chi connectivity index (χ2n) is 4.94. The quantitative estimate of drug-likeness (QED) is 0.635. The molecule has 0 saturated heterocycles. The molecule has 0 bridgehead atoms. The molecule has 104 valence electrons. The molecule has 0 aliphatic rings. The molecule has 0 saturated carbocycles. The van der Waals surface area contributed by atoms with E-state index in [9.17, 15) is 4.79 Å². The number of ether oxygens (including phenoxy) is 1. The van der Waals surface area contributed by atoms with Crippen LogP contribution in [0, 0.1) is 27.7 Å². The van der Waals surface area contributed by atoms with Crippen molar-refractivity contribution in [2.75, 3.05) is 0 Å². The fraction of sp³-hybridized carbons (Fsp3) is 0.312. The van der Waals surface area contributed by atoms with Gasteiger partial charge < -0.3 is 4.74 Å². The fourth-order valence-electron chi connectivity index (χ4n) is 2.00. The van der Waals surface area contributed by atoms with Crippen LogP contribution in [-0.4, -0.2) is 15.9 Å². The van der Waals surface area contributed by atoms with Crippen molar-refractivity contribution in [1.29, 1.82) is 0 Å². The van der Waals surface area contributed by atoms with Gasteiger partial charge in [-0.1, -0.05) is 12.1 Å². The molecule has 4 heteroatoms. The SMILES string of the molecule is Cc1ccc(C)c(OC(=O)Cc2c(C)ncnc2C)c1. The number of aryl methyl sites for hydroxylation is 4. The summed E-state index contributed by atoms with van der Waals surface area (Å²) in [6, 6.07) is 5.81. The van der Waals surface area contributed by atoms with Crippen LogP contribution in [0.5, 0.6) is 5.75 Å². The van der Waals surface area contributed by atoms with Gasteiger partial charge >= 0.3 is 5.97 Å². The Morgan fingerprint density at radius 2 is 1.75 bits per heavy atom. The van der Waals surface area contributed by atoms with Gasteiger partial charge in [-0.2, -0.15) is 0 Å². The minimum Gasteiger partial charge on any atom is -0.426 e. The zero-order valence-electron chi connectivity index (χ0n) is 12.2. The first-order valence-corrected chi connectivity index (χ1v) is 6.52. The molecule has 0 atom stereocenters. The lowest BCUT2D eigenvalue weighted by Crippen LogP contribution is -2.14. The van der Waals surface area contributed by atoms with E-state index >= 15 is 0 Å². The molecule has 0 fully saturated rings. The van der Waals surface area contributed by atoms with Crippen molar-refractivity contribution in [3.8, 4) is 5.75 Å². The lowest BCUT2D eigenvalue weighted by Gasteiger charge is -2.10. The second-order valence-corrected chi connectivity index (χ2v) is 4.94. The highest BCUT2D eigenvalue weighted by Gasteiger charge is 2.13. The predicted octanol–water partition coefficient (Wildman–Crippen LogP) is 2.86. The van der Waals surface area contributed by atoms with E-state index in [0.717, 1.165) is 28.1 Å². The molecule has 2 aromatic rings. The summed E-state index contributed by atoms with van der Waals surface area (Å²) in [5.41, 5.74) is 4.48. The molecule has 0 N–H and O–H groups in total. The smallest absolute Gasteiger partial charge is 0.315 e. The minimum absolute atomic E-state index is 0.186. The van der Waals surface area contributed by atoms with E-state index in [1.54, 1.807) is 0 Å². The average molecular weight is 270 g/mol. The lowest BCUT2D eigenvalue weighted by molar-refractivity contribution is -0.133. The normalized spacial score (nSPS) is 10.4. The Bertz CT molecular complexity index is 631. The molecule has 0 radical (unpaired) electrons. The van der Waals surface area contributed by atoms with Crippen LogP contribution in [0.4, 0.5) is 0 Å². The number of aromatic nitrogens is 2. The largest absolute Gasteiger partial charge is 0.426 e. The summed E-state index contributed by atoms with van der Waals surface area (Å²) in [6.07, 6.45) is 1.69. The Balaban J connectivity index is 2.15. The van der Waals surface area contributed by atoms with Gasteiger partial charge in [-0.25, -0.2) is 9.97 Å². The van der Waals surface area contributed by atoms with Gasteiger partial charge in [0.2, 0.25) is 0 Å². The van der Waals surface area contributed by atoms with Crippen molar-refractivity contribution >= 4 is 5.97 Å². The van der Waals surface area contributed by atoms with Gasteiger partial charge in [-0.3, -0.25) is 4.79 Å². The summed E-state index contributed by atoms with van der Waals surface area (Å²) in [6.45, 7) is 7.63. The number of hydrogen-bond donors (Lipinski definition) is 0. The maximum atomic E-state index is 12.1. The van der Waals surface area contributed by atoms with Gasteiger partial charge in [-0.15, -0.1) is 0 Å². The molecule has 0 unspecified atom stereocenters. The minimum atomic E-state index is -0.292. The van der Waals surface area contributed by atoms with Crippen molar-refractivity contribution in [3.63, 3.8) is 0 Å². The molecule has 0 spiro atoms. The van der Waals surface area contributed by atoms with Gasteiger partial charge in [0.1, 0.15) is 12.1 Å². The predicted molar refractivity (Wildman–Crippen MR) is 76.8 cm³/mol. The Morgan fingerprint density at radius 3 is 2.40 bits per heavy atom. The number of rotatable bonds is 3. The molecule has 20 heavy (non-hydrogen) atoms. The number of carbonyl (C=O) groups is 1. The van der Waals surface area contributed by atoms with E-state index < -0.39 is 0 Å². The van der Waals surface area contributed by atoms with Crippen molar-refractivity contribution in [3.05, 3.63) is 52.6 Å². The molecular weight excluding hydrogens is 252 g/mol. The van der Waals surface area contributed by atoms with Crippen LogP contribution in [0.15, 0.2) is 24.5 Å². The third kappa shape index (κ3) is 3.20. The average Bonchev–Trinajstić information content (AvgIpc) is 2.38. The summed E-state index contributed by atoms with van der Waals surface area (Å²) in [5.74, 6) is 0.321. The van der Waals surface area contributed by atoms with Crippen LogP contribution in [-0.2, 0) is 11.2 Å². The Kier molecular flexibility index (Phi) is 4.13. The summed E-state index contributed by atoms with van der Waals surface area (Å²) >= 11 is 0. The third-order valence-corrected chi connectivity index (χ3v) is 3.26. The molecule has 2 rings (SSSR count). The van der Waals surface area contributed by atoms with Crippen molar-refractivity contribution in [2.45, 2.75) is 34.1 Å². The van der Waals surface area contributed by atoms with Crippen LogP contribution >= 0.6 is 0 Å². The van der Waals surface area contributed by atoms with Crippen LogP contribution in [0.1, 0.15) is 28.1 Å². The molecular formula is C16H18N2O2. The first-order chi connectivity index (χ1) is 9.47. The highest BCUT2D eigenvalue weighted by atomic mass is 16.5. The van der Waals surface area contributed by atoms with Crippen LogP contribution < -0.4 is 4.74 Å². The Morgan fingerprint density at radius 1 is 1.10 bits per heavy atom. The van der Waals surface area contributed by atoms with Crippen LogP contribution in [0.25, 0.3) is 0 Å². The van der Waals surface area contributed by atoms with Gasteiger partial charge in [0, 0.05) is 17.0 Å². The summed E-state index contributed by atoms with van der Waals surface area (Å²) in [5, 5.41) is 0. The molecule has 1 aromatic carbocycles. The van der Waals surface area contributed by atoms with E-state index in [2.05, 4.69) is 9.97 Å². The van der Waals surface area contributed by atoms with Crippen molar-refractivity contribution < 1.29 is 9.53 Å². The zero-order chi connectivity index (χ0) is 14.7. The molecule has 0 amide bonds. The first-order valence-electron chi connectivity index (χ1n) is 6.52. The van der Waals surface area contributed by atoms with E-state index in [1.165, 1.54) is 6.33 Å². The fourth-order valence-corrected chi connectivity index (χ4v) is 2.00. The topological polar surface area (TPSA) is 52.1 Å². The molecule has 1 heterocycles. The van der Waals surface area contributed by atoms with Crippen molar-refractivity contribution in [1.82, 2.24) is 9.97 Å². The number of benzene rings is 1. The van der Waals surface area contributed by atoms with Crippen LogP contribution in [0.3, 0.4) is 0 Å². The van der Waals surface area contributed by atoms with E-state index in [-0.39, 0.29) is 12.4 Å².